The Kier molecular flexibility index (Phi) is 6.40. The van der Waals surface area contributed by atoms with Crippen molar-refractivity contribution in [1.82, 2.24) is 10.2 Å². The highest BCUT2D eigenvalue weighted by atomic mass is 35.5. The van der Waals surface area contributed by atoms with E-state index in [1.54, 1.807) is 29.2 Å². The van der Waals surface area contributed by atoms with Crippen molar-refractivity contribution < 1.29 is 13.9 Å². The molecule has 0 radical (unpaired) electrons. The molecule has 0 bridgehead atoms. The average Bonchev–Trinajstić information content (AvgIpc) is 2.68. The molecule has 1 aliphatic heterocycles. The Labute approximate surface area is 163 Å². The maximum Gasteiger partial charge on any atom is 0.317 e. The first-order valence-electron chi connectivity index (χ1n) is 8.96. The number of ether oxygens (including phenoxy) is 1. The molecule has 1 aliphatic rings. The van der Waals surface area contributed by atoms with Gasteiger partial charge in [-0.25, -0.2) is 9.18 Å². The third-order valence-corrected chi connectivity index (χ3v) is 4.96. The van der Waals surface area contributed by atoms with E-state index >= 15 is 0 Å². The number of carbonyl (C=O) groups is 1. The lowest BCUT2D eigenvalue weighted by atomic mass is 10.2. The van der Waals surface area contributed by atoms with E-state index in [1.807, 2.05) is 24.0 Å². The molecule has 0 atom stereocenters. The lowest BCUT2D eigenvalue weighted by Gasteiger charge is -2.36. The number of halogens is 2. The highest BCUT2D eigenvalue weighted by molar-refractivity contribution is 6.31. The summed E-state index contributed by atoms with van der Waals surface area (Å²) in [7, 11) is 0. The molecule has 144 valence electrons. The zero-order valence-electron chi connectivity index (χ0n) is 15.3. The number of hydrogen-bond acceptors (Lipinski definition) is 3. The van der Waals surface area contributed by atoms with E-state index in [0.717, 1.165) is 11.3 Å². The van der Waals surface area contributed by atoms with Gasteiger partial charge in [-0.1, -0.05) is 23.7 Å². The van der Waals surface area contributed by atoms with E-state index in [1.165, 1.54) is 6.07 Å². The average molecular weight is 392 g/mol. The first-order valence-corrected chi connectivity index (χ1v) is 9.33. The largest absolute Gasteiger partial charge is 0.492 e. The third kappa shape index (κ3) is 5.04. The number of para-hydroxylation sites is 1. The summed E-state index contributed by atoms with van der Waals surface area (Å²) in [4.78, 5) is 16.0. The maximum atomic E-state index is 13.9. The molecule has 27 heavy (non-hydrogen) atoms. The van der Waals surface area contributed by atoms with Gasteiger partial charge in [-0.15, -0.1) is 0 Å². The zero-order chi connectivity index (χ0) is 19.2. The monoisotopic (exact) mass is 391 g/mol. The van der Waals surface area contributed by atoms with Gasteiger partial charge in [-0.05, 0) is 42.8 Å². The maximum absolute atomic E-state index is 13.9. The minimum absolute atomic E-state index is 0.126. The molecule has 0 aliphatic carbocycles. The van der Waals surface area contributed by atoms with Crippen molar-refractivity contribution in [1.29, 1.82) is 0 Å². The topological polar surface area (TPSA) is 44.8 Å². The second-order valence-electron chi connectivity index (χ2n) is 6.42. The molecular formula is C20H23ClFN3O2. The van der Waals surface area contributed by atoms with Crippen LogP contribution < -0.4 is 15.0 Å². The van der Waals surface area contributed by atoms with E-state index in [4.69, 9.17) is 16.3 Å². The first-order chi connectivity index (χ1) is 13.0. The molecule has 0 saturated carbocycles. The quantitative estimate of drug-likeness (QED) is 0.790. The van der Waals surface area contributed by atoms with Gasteiger partial charge in [0.05, 0.1) is 12.2 Å². The summed E-state index contributed by atoms with van der Waals surface area (Å²) in [5.74, 6) is 0.495. The second-order valence-corrected chi connectivity index (χ2v) is 6.82. The van der Waals surface area contributed by atoms with Gasteiger partial charge in [-0.2, -0.15) is 0 Å². The number of anilines is 1. The molecule has 0 spiro atoms. The van der Waals surface area contributed by atoms with Crippen molar-refractivity contribution in [3.63, 3.8) is 0 Å². The number of benzene rings is 2. The summed E-state index contributed by atoms with van der Waals surface area (Å²) >= 11 is 5.99. The van der Waals surface area contributed by atoms with Crippen LogP contribution in [0.25, 0.3) is 0 Å². The van der Waals surface area contributed by atoms with E-state index in [-0.39, 0.29) is 11.8 Å². The van der Waals surface area contributed by atoms with E-state index in [9.17, 15) is 9.18 Å². The molecule has 1 fully saturated rings. The number of aryl methyl sites for hydroxylation is 1. The molecular weight excluding hydrogens is 369 g/mol. The fourth-order valence-corrected chi connectivity index (χ4v) is 3.12. The molecule has 7 heteroatoms. The van der Waals surface area contributed by atoms with Gasteiger partial charge in [0.2, 0.25) is 0 Å². The van der Waals surface area contributed by atoms with Gasteiger partial charge < -0.3 is 19.9 Å². The molecule has 2 aromatic rings. The summed E-state index contributed by atoms with van der Waals surface area (Å²) in [5.41, 5.74) is 1.54. The Morgan fingerprint density at radius 1 is 1.19 bits per heavy atom. The minimum atomic E-state index is -0.231. The van der Waals surface area contributed by atoms with Crippen LogP contribution in [0.1, 0.15) is 5.56 Å². The van der Waals surface area contributed by atoms with Crippen molar-refractivity contribution >= 4 is 23.3 Å². The van der Waals surface area contributed by atoms with Crippen LogP contribution in [0, 0.1) is 12.7 Å². The lowest BCUT2D eigenvalue weighted by Crippen LogP contribution is -2.52. The van der Waals surface area contributed by atoms with Crippen LogP contribution in [0.4, 0.5) is 14.9 Å². The lowest BCUT2D eigenvalue weighted by molar-refractivity contribution is 0.191. The van der Waals surface area contributed by atoms with Crippen LogP contribution in [-0.2, 0) is 0 Å². The molecule has 2 aromatic carbocycles. The fraction of sp³-hybridized carbons (Fsp3) is 0.350. The number of rotatable bonds is 5. The van der Waals surface area contributed by atoms with Crippen LogP contribution in [0.5, 0.6) is 5.75 Å². The summed E-state index contributed by atoms with van der Waals surface area (Å²) in [6.45, 7) is 5.02. The van der Waals surface area contributed by atoms with Crippen LogP contribution >= 0.6 is 11.6 Å². The normalized spacial score (nSPS) is 14.2. The Bertz CT molecular complexity index is 795. The van der Waals surface area contributed by atoms with Crippen molar-refractivity contribution in [2.75, 3.05) is 44.2 Å². The van der Waals surface area contributed by atoms with Crippen molar-refractivity contribution in [2.45, 2.75) is 6.92 Å². The summed E-state index contributed by atoms with van der Waals surface area (Å²) in [6, 6.07) is 12.1. The van der Waals surface area contributed by atoms with Gasteiger partial charge in [0, 0.05) is 31.2 Å². The second kappa shape index (κ2) is 8.95. The van der Waals surface area contributed by atoms with Crippen LogP contribution in [0.2, 0.25) is 5.02 Å². The van der Waals surface area contributed by atoms with Gasteiger partial charge in [0.25, 0.3) is 0 Å². The minimum Gasteiger partial charge on any atom is -0.492 e. The molecule has 3 rings (SSSR count). The Morgan fingerprint density at radius 2 is 1.93 bits per heavy atom. The smallest absolute Gasteiger partial charge is 0.317 e. The van der Waals surface area contributed by atoms with Crippen LogP contribution in [0.3, 0.4) is 0 Å². The van der Waals surface area contributed by atoms with Crippen molar-refractivity contribution in [2.24, 2.45) is 0 Å². The highest BCUT2D eigenvalue weighted by Gasteiger charge is 2.22. The number of piperazine rings is 1. The van der Waals surface area contributed by atoms with Crippen LogP contribution in [-0.4, -0.2) is 50.3 Å². The van der Waals surface area contributed by atoms with Crippen molar-refractivity contribution in [3.05, 3.63) is 58.9 Å². The number of carbonyl (C=O) groups excluding carboxylic acids is 1. The predicted octanol–water partition coefficient (Wildman–Crippen LogP) is 3.70. The Balaban J connectivity index is 1.39. The third-order valence-electron chi connectivity index (χ3n) is 4.54. The Morgan fingerprint density at radius 3 is 2.63 bits per heavy atom. The summed E-state index contributed by atoms with van der Waals surface area (Å²) in [6.07, 6.45) is 0. The standard InChI is InChI=1S/C20H23ClFN3O2/c1-15-14-16(6-7-17(15)21)27-13-8-23-20(26)25-11-9-24(10-12-25)19-5-3-2-4-18(19)22/h2-7,14H,8-13H2,1H3,(H,23,26). The zero-order valence-corrected chi connectivity index (χ0v) is 16.0. The number of nitrogens with zero attached hydrogens (tertiary/aromatic N) is 2. The molecule has 0 aromatic heterocycles. The van der Waals surface area contributed by atoms with Gasteiger partial charge >= 0.3 is 6.03 Å². The van der Waals surface area contributed by atoms with Gasteiger partial charge in [0.1, 0.15) is 18.2 Å². The van der Waals surface area contributed by atoms with Gasteiger partial charge in [-0.3, -0.25) is 0 Å². The van der Waals surface area contributed by atoms with Crippen molar-refractivity contribution in [3.8, 4) is 5.75 Å². The molecule has 0 unspecified atom stereocenters. The summed E-state index contributed by atoms with van der Waals surface area (Å²) < 4.78 is 19.5. The molecule has 1 heterocycles. The number of urea groups is 1. The molecule has 1 saturated heterocycles. The highest BCUT2D eigenvalue weighted by Crippen LogP contribution is 2.21. The SMILES string of the molecule is Cc1cc(OCCNC(=O)N2CCN(c3ccccc3F)CC2)ccc1Cl. The van der Waals surface area contributed by atoms with Crippen LogP contribution in [0.15, 0.2) is 42.5 Å². The number of nitrogens with one attached hydrogen (secondary N) is 1. The molecule has 1 N–H and O–H groups in total. The number of hydrogen-bond donors (Lipinski definition) is 1. The van der Waals surface area contributed by atoms with E-state index in [0.29, 0.717) is 50.0 Å². The fourth-order valence-electron chi connectivity index (χ4n) is 3.00. The summed E-state index contributed by atoms with van der Waals surface area (Å²) in [5, 5.41) is 3.56. The Hall–Kier alpha value is -2.47. The number of amides is 2. The van der Waals surface area contributed by atoms with Gasteiger partial charge in [0.15, 0.2) is 0 Å². The molecule has 2 amide bonds. The predicted molar refractivity (Wildman–Crippen MR) is 105 cm³/mol. The molecule has 5 nitrogen and oxygen atoms in total. The van der Waals surface area contributed by atoms with E-state index < -0.39 is 0 Å². The van der Waals surface area contributed by atoms with E-state index in [2.05, 4.69) is 5.32 Å². The first kappa shape index (κ1) is 19.3.